The lowest BCUT2D eigenvalue weighted by Crippen LogP contribution is -2.06. The van der Waals surface area contributed by atoms with Gasteiger partial charge in [0.15, 0.2) is 0 Å². The van der Waals surface area contributed by atoms with E-state index in [4.69, 9.17) is 4.74 Å². The summed E-state index contributed by atoms with van der Waals surface area (Å²) in [5.41, 5.74) is 4.50. The van der Waals surface area contributed by atoms with E-state index in [1.165, 1.54) is 12.4 Å². The van der Waals surface area contributed by atoms with E-state index < -0.39 is 11.7 Å². The van der Waals surface area contributed by atoms with Crippen molar-refractivity contribution < 1.29 is 17.9 Å². The molecule has 0 saturated heterocycles. The number of rotatable bonds is 6. The zero-order valence-electron chi connectivity index (χ0n) is 16.5. The van der Waals surface area contributed by atoms with Crippen LogP contribution in [0.2, 0.25) is 0 Å². The van der Waals surface area contributed by atoms with Crippen molar-refractivity contribution >= 4 is 0 Å². The molecule has 0 fully saturated rings. The van der Waals surface area contributed by atoms with Crippen LogP contribution in [0.5, 0.6) is 0 Å². The number of hydrogen-bond acceptors (Lipinski definition) is 3. The van der Waals surface area contributed by atoms with Gasteiger partial charge in [-0.3, -0.25) is 0 Å². The highest BCUT2D eigenvalue weighted by Crippen LogP contribution is 2.33. The Balaban J connectivity index is 1.64. The topological polar surface area (TPSA) is 35.0 Å². The maximum atomic E-state index is 13.0. The molecule has 6 heteroatoms. The van der Waals surface area contributed by atoms with E-state index in [0.29, 0.717) is 5.56 Å². The van der Waals surface area contributed by atoms with Gasteiger partial charge in [-0.25, -0.2) is 9.97 Å². The molecule has 0 radical (unpaired) electrons. The van der Waals surface area contributed by atoms with E-state index in [0.717, 1.165) is 39.9 Å². The van der Waals surface area contributed by atoms with Crippen LogP contribution < -0.4 is 0 Å². The molecule has 0 saturated carbocycles. The Labute approximate surface area is 178 Å². The predicted molar refractivity (Wildman–Crippen MR) is 113 cm³/mol. The second-order valence-electron chi connectivity index (χ2n) is 7.02. The number of benzene rings is 3. The van der Waals surface area contributed by atoms with E-state index in [9.17, 15) is 13.2 Å². The number of hydrogen-bond donors (Lipinski definition) is 0. The molecule has 0 amide bonds. The Kier molecular flexibility index (Phi) is 6.09. The minimum atomic E-state index is -4.38. The van der Waals surface area contributed by atoms with Gasteiger partial charge in [0.05, 0.1) is 18.8 Å². The van der Waals surface area contributed by atoms with Crippen LogP contribution in [0.1, 0.15) is 16.7 Å². The van der Waals surface area contributed by atoms with Crippen LogP contribution in [0.3, 0.4) is 0 Å². The van der Waals surface area contributed by atoms with E-state index >= 15 is 0 Å². The molecule has 0 aliphatic carbocycles. The number of ether oxygens (including phenoxy) is 1. The highest BCUT2D eigenvalue weighted by molar-refractivity contribution is 5.77. The lowest BCUT2D eigenvalue weighted by molar-refractivity contribution is -0.137. The Morgan fingerprint density at radius 1 is 0.710 bits per heavy atom. The molecule has 0 spiro atoms. The molecular formula is C25H19F3N2O. The molecule has 0 aliphatic rings. The molecule has 0 atom stereocenters. The molecule has 31 heavy (non-hydrogen) atoms. The van der Waals surface area contributed by atoms with Gasteiger partial charge in [0.25, 0.3) is 0 Å². The average Bonchev–Trinajstić information content (AvgIpc) is 2.80. The van der Waals surface area contributed by atoms with Crippen LogP contribution >= 0.6 is 0 Å². The van der Waals surface area contributed by atoms with Crippen LogP contribution in [0.4, 0.5) is 13.2 Å². The van der Waals surface area contributed by atoms with E-state index in [1.807, 2.05) is 48.5 Å². The summed E-state index contributed by atoms with van der Waals surface area (Å²) in [5, 5.41) is 0. The third-order valence-corrected chi connectivity index (χ3v) is 4.90. The molecule has 4 aromatic rings. The van der Waals surface area contributed by atoms with E-state index in [-0.39, 0.29) is 13.2 Å². The van der Waals surface area contributed by atoms with Crippen LogP contribution in [0, 0.1) is 0 Å². The van der Waals surface area contributed by atoms with Gasteiger partial charge < -0.3 is 4.74 Å². The van der Waals surface area contributed by atoms with Crippen molar-refractivity contribution in [2.45, 2.75) is 19.4 Å². The zero-order chi connectivity index (χ0) is 21.7. The second kappa shape index (κ2) is 9.10. The smallest absolute Gasteiger partial charge is 0.372 e. The zero-order valence-corrected chi connectivity index (χ0v) is 16.5. The first-order valence-electron chi connectivity index (χ1n) is 9.69. The first-order valence-corrected chi connectivity index (χ1v) is 9.69. The predicted octanol–water partition coefficient (Wildman–Crippen LogP) is 6.55. The number of alkyl halides is 3. The summed E-state index contributed by atoms with van der Waals surface area (Å²) < 4.78 is 44.8. The van der Waals surface area contributed by atoms with Crippen LogP contribution in [0.25, 0.3) is 22.3 Å². The van der Waals surface area contributed by atoms with Gasteiger partial charge in [0, 0.05) is 18.0 Å². The molecule has 3 nitrogen and oxygen atoms in total. The monoisotopic (exact) mass is 420 g/mol. The fourth-order valence-electron chi connectivity index (χ4n) is 3.45. The molecule has 0 unspecified atom stereocenters. The van der Waals surface area contributed by atoms with Gasteiger partial charge >= 0.3 is 6.18 Å². The third-order valence-electron chi connectivity index (χ3n) is 4.90. The third kappa shape index (κ3) is 4.98. The highest BCUT2D eigenvalue weighted by Gasteiger charge is 2.30. The Hall–Kier alpha value is -3.51. The number of nitrogens with zero attached hydrogens (tertiary/aromatic N) is 2. The average molecular weight is 420 g/mol. The van der Waals surface area contributed by atoms with Crippen molar-refractivity contribution in [3.8, 4) is 22.3 Å². The van der Waals surface area contributed by atoms with Crippen molar-refractivity contribution in [1.82, 2.24) is 9.97 Å². The summed E-state index contributed by atoms with van der Waals surface area (Å²) in [6, 6.07) is 21.0. The summed E-state index contributed by atoms with van der Waals surface area (Å²) in [4.78, 5) is 8.21. The Bertz CT molecular complexity index is 1090. The summed E-state index contributed by atoms with van der Waals surface area (Å²) in [6.45, 7) is 0.295. The van der Waals surface area contributed by atoms with Gasteiger partial charge in [-0.2, -0.15) is 13.2 Å². The minimum absolute atomic E-state index is 0.0672. The van der Waals surface area contributed by atoms with Crippen LogP contribution in [-0.4, -0.2) is 9.97 Å². The minimum Gasteiger partial charge on any atom is -0.372 e. The summed E-state index contributed by atoms with van der Waals surface area (Å²) in [6.07, 6.45) is 0.547. The number of aromatic nitrogens is 2. The van der Waals surface area contributed by atoms with Crippen molar-refractivity contribution in [3.63, 3.8) is 0 Å². The molecule has 4 rings (SSSR count). The first kappa shape index (κ1) is 20.8. The van der Waals surface area contributed by atoms with Crippen LogP contribution in [-0.2, 0) is 24.1 Å². The lowest BCUT2D eigenvalue weighted by Gasteiger charge is -2.16. The van der Waals surface area contributed by atoms with Crippen molar-refractivity contribution in [2.24, 2.45) is 0 Å². The normalized spacial score (nSPS) is 11.5. The van der Waals surface area contributed by atoms with Gasteiger partial charge in [-0.15, -0.1) is 0 Å². The van der Waals surface area contributed by atoms with Gasteiger partial charge in [0.1, 0.15) is 6.33 Å². The highest BCUT2D eigenvalue weighted by atomic mass is 19.4. The molecule has 0 bridgehead atoms. The van der Waals surface area contributed by atoms with Crippen molar-refractivity contribution in [2.75, 3.05) is 0 Å². The Morgan fingerprint density at radius 2 is 1.39 bits per heavy atom. The van der Waals surface area contributed by atoms with Gasteiger partial charge in [-0.1, -0.05) is 60.7 Å². The maximum Gasteiger partial charge on any atom is 0.416 e. The first-order chi connectivity index (χ1) is 15.0. The fourth-order valence-corrected chi connectivity index (χ4v) is 3.45. The molecule has 3 aromatic carbocycles. The van der Waals surface area contributed by atoms with Crippen molar-refractivity contribution in [1.29, 1.82) is 0 Å². The van der Waals surface area contributed by atoms with Gasteiger partial charge in [-0.05, 0) is 39.9 Å². The standard InChI is InChI=1S/C25H19F3N2O/c26-25(27,28)21-9-4-6-18(12-21)15-31-16-24-22(19-7-2-1-3-8-19)10-5-11-23(24)20-13-29-17-30-14-20/h1-14,17H,15-16H2. The van der Waals surface area contributed by atoms with E-state index in [2.05, 4.69) is 9.97 Å². The largest absolute Gasteiger partial charge is 0.416 e. The fraction of sp³-hybridized carbons (Fsp3) is 0.120. The molecule has 0 N–H and O–H groups in total. The van der Waals surface area contributed by atoms with Crippen LogP contribution in [0.15, 0.2) is 91.5 Å². The van der Waals surface area contributed by atoms with Gasteiger partial charge in [0.2, 0.25) is 0 Å². The van der Waals surface area contributed by atoms with E-state index in [1.54, 1.807) is 18.5 Å². The molecular weight excluding hydrogens is 401 g/mol. The molecule has 1 aromatic heterocycles. The van der Waals surface area contributed by atoms with Crippen molar-refractivity contribution in [3.05, 3.63) is 108 Å². The molecule has 0 aliphatic heterocycles. The SMILES string of the molecule is FC(F)(F)c1cccc(COCc2c(-c3ccccc3)cccc2-c2cncnc2)c1. The lowest BCUT2D eigenvalue weighted by atomic mass is 9.93. The summed E-state index contributed by atoms with van der Waals surface area (Å²) in [7, 11) is 0. The molecule has 156 valence electrons. The number of halogens is 3. The molecule has 1 heterocycles. The second-order valence-corrected chi connectivity index (χ2v) is 7.02. The quantitative estimate of drug-likeness (QED) is 0.355. The maximum absolute atomic E-state index is 13.0. The summed E-state index contributed by atoms with van der Waals surface area (Å²) >= 11 is 0. The summed E-state index contributed by atoms with van der Waals surface area (Å²) in [5.74, 6) is 0. The Morgan fingerprint density at radius 3 is 2.10 bits per heavy atom.